The van der Waals surface area contributed by atoms with Crippen LogP contribution in [0.4, 0.5) is 0 Å². The zero-order chi connectivity index (χ0) is 22.8. The van der Waals surface area contributed by atoms with Crippen molar-refractivity contribution < 1.29 is 19.1 Å². The van der Waals surface area contributed by atoms with Gasteiger partial charge >= 0.3 is 11.9 Å². The highest BCUT2D eigenvalue weighted by Gasteiger charge is 2.36. The van der Waals surface area contributed by atoms with Gasteiger partial charge < -0.3 is 9.47 Å². The summed E-state index contributed by atoms with van der Waals surface area (Å²) in [4.78, 5) is 34.0. The van der Waals surface area contributed by atoms with Crippen LogP contribution in [0.25, 0.3) is 16.9 Å². The SMILES string of the molecule is CCOC(=O)C(C)(C)c1ccc2c(C(C)(C)C(=O)OCC)cn(-c3ncccn3)c2c1. The van der Waals surface area contributed by atoms with Crippen molar-refractivity contribution in [1.29, 1.82) is 0 Å². The van der Waals surface area contributed by atoms with Gasteiger partial charge in [0.2, 0.25) is 5.95 Å². The van der Waals surface area contributed by atoms with Crippen LogP contribution in [0.2, 0.25) is 0 Å². The van der Waals surface area contributed by atoms with Crippen LogP contribution in [-0.2, 0) is 29.9 Å². The molecule has 0 aliphatic carbocycles. The minimum atomic E-state index is -0.882. The second-order valence-electron chi connectivity index (χ2n) is 8.38. The van der Waals surface area contributed by atoms with Crippen LogP contribution < -0.4 is 0 Å². The summed E-state index contributed by atoms with van der Waals surface area (Å²) < 4.78 is 12.4. The average molecular weight is 424 g/mol. The summed E-state index contributed by atoms with van der Waals surface area (Å²) in [5.74, 6) is -0.126. The molecule has 0 bridgehead atoms. The molecule has 164 valence electrons. The van der Waals surface area contributed by atoms with Crippen molar-refractivity contribution >= 4 is 22.8 Å². The fourth-order valence-corrected chi connectivity index (χ4v) is 3.55. The molecule has 7 nitrogen and oxygen atoms in total. The lowest BCUT2D eigenvalue weighted by molar-refractivity contribution is -0.149. The maximum absolute atomic E-state index is 12.7. The van der Waals surface area contributed by atoms with Crippen molar-refractivity contribution in [1.82, 2.24) is 14.5 Å². The number of carbonyl (C=O) groups excluding carboxylic acids is 2. The van der Waals surface area contributed by atoms with Gasteiger partial charge in [-0.1, -0.05) is 12.1 Å². The summed E-state index contributed by atoms with van der Waals surface area (Å²) in [5.41, 5.74) is 0.678. The van der Waals surface area contributed by atoms with Gasteiger partial charge in [-0.3, -0.25) is 14.2 Å². The fourth-order valence-electron chi connectivity index (χ4n) is 3.55. The highest BCUT2D eigenvalue weighted by atomic mass is 16.5. The summed E-state index contributed by atoms with van der Waals surface area (Å²) in [6, 6.07) is 7.52. The standard InChI is InChI=1S/C24H29N3O4/c1-7-30-20(28)23(3,4)16-10-11-17-18(24(5,6)21(29)31-8-2)15-27(19(17)14-16)22-25-12-9-13-26-22/h9-15H,7-8H2,1-6H3. The molecule has 2 heterocycles. The summed E-state index contributed by atoms with van der Waals surface area (Å²) in [6.45, 7) is 11.6. The van der Waals surface area contributed by atoms with Gasteiger partial charge in [-0.2, -0.15) is 0 Å². The molecule has 0 saturated carbocycles. The minimum Gasteiger partial charge on any atom is -0.465 e. The van der Waals surface area contributed by atoms with E-state index in [9.17, 15) is 9.59 Å². The predicted octanol–water partition coefficient (Wildman–Crippen LogP) is 4.10. The van der Waals surface area contributed by atoms with Crippen LogP contribution >= 0.6 is 0 Å². The van der Waals surface area contributed by atoms with Crippen molar-refractivity contribution in [3.05, 3.63) is 54.0 Å². The molecule has 0 amide bonds. The van der Waals surface area contributed by atoms with Gasteiger partial charge in [-0.25, -0.2) is 9.97 Å². The second kappa shape index (κ2) is 8.49. The topological polar surface area (TPSA) is 83.3 Å². The average Bonchev–Trinajstić information content (AvgIpc) is 3.14. The van der Waals surface area contributed by atoms with E-state index >= 15 is 0 Å². The lowest BCUT2D eigenvalue weighted by Gasteiger charge is -2.24. The molecule has 7 heteroatoms. The summed E-state index contributed by atoms with van der Waals surface area (Å²) in [6.07, 6.45) is 5.20. The first-order valence-corrected chi connectivity index (χ1v) is 10.4. The number of rotatable bonds is 7. The summed E-state index contributed by atoms with van der Waals surface area (Å²) in [7, 11) is 0. The number of benzene rings is 1. The van der Waals surface area contributed by atoms with E-state index in [2.05, 4.69) is 9.97 Å². The first-order valence-electron chi connectivity index (χ1n) is 10.4. The number of fused-ring (bicyclic) bond motifs is 1. The van der Waals surface area contributed by atoms with Crippen molar-refractivity contribution in [2.24, 2.45) is 0 Å². The Hall–Kier alpha value is -3.22. The van der Waals surface area contributed by atoms with E-state index in [-0.39, 0.29) is 11.9 Å². The van der Waals surface area contributed by atoms with E-state index in [4.69, 9.17) is 9.47 Å². The molecule has 3 aromatic rings. The molecule has 0 spiro atoms. The van der Waals surface area contributed by atoms with Crippen molar-refractivity contribution in [3.8, 4) is 5.95 Å². The Bertz CT molecular complexity index is 1100. The van der Waals surface area contributed by atoms with Crippen LogP contribution in [0.3, 0.4) is 0 Å². The first-order chi connectivity index (χ1) is 14.6. The van der Waals surface area contributed by atoms with Crippen LogP contribution in [0, 0.1) is 0 Å². The Morgan fingerprint density at radius 2 is 1.52 bits per heavy atom. The van der Waals surface area contributed by atoms with Crippen molar-refractivity contribution in [2.45, 2.75) is 52.4 Å². The van der Waals surface area contributed by atoms with Crippen LogP contribution in [-0.4, -0.2) is 39.7 Å². The molecule has 0 aliphatic heterocycles. The van der Waals surface area contributed by atoms with Gasteiger partial charge in [0, 0.05) is 24.0 Å². The summed E-state index contributed by atoms with van der Waals surface area (Å²) in [5, 5.41) is 0.869. The molecule has 0 saturated heterocycles. The molecule has 1 aromatic carbocycles. The minimum absolute atomic E-state index is 0.296. The molecule has 31 heavy (non-hydrogen) atoms. The Morgan fingerprint density at radius 3 is 2.10 bits per heavy atom. The highest BCUT2D eigenvalue weighted by molar-refractivity contribution is 5.94. The van der Waals surface area contributed by atoms with E-state index < -0.39 is 10.8 Å². The van der Waals surface area contributed by atoms with Gasteiger partial charge in [0.05, 0.1) is 29.6 Å². The normalized spacial score (nSPS) is 12.1. The van der Waals surface area contributed by atoms with E-state index in [0.29, 0.717) is 19.2 Å². The third-order valence-electron chi connectivity index (χ3n) is 5.54. The lowest BCUT2D eigenvalue weighted by atomic mass is 9.82. The van der Waals surface area contributed by atoms with Crippen LogP contribution in [0.5, 0.6) is 0 Å². The van der Waals surface area contributed by atoms with E-state index in [0.717, 1.165) is 22.0 Å². The van der Waals surface area contributed by atoms with Gasteiger partial charge in [0.15, 0.2) is 0 Å². The molecule has 0 fully saturated rings. The molecule has 0 N–H and O–H groups in total. The number of ether oxygens (including phenoxy) is 2. The fraction of sp³-hybridized carbons (Fsp3) is 0.417. The number of aromatic nitrogens is 3. The second-order valence-corrected chi connectivity index (χ2v) is 8.38. The van der Waals surface area contributed by atoms with Crippen LogP contribution in [0.1, 0.15) is 52.7 Å². The van der Waals surface area contributed by atoms with Crippen molar-refractivity contribution in [3.63, 3.8) is 0 Å². The number of hydrogen-bond acceptors (Lipinski definition) is 6. The number of esters is 2. The Morgan fingerprint density at radius 1 is 0.935 bits per heavy atom. The van der Waals surface area contributed by atoms with Gasteiger partial charge in [0.1, 0.15) is 0 Å². The molecule has 0 aliphatic rings. The number of carbonyl (C=O) groups is 2. The predicted molar refractivity (Wildman–Crippen MR) is 118 cm³/mol. The maximum atomic E-state index is 12.7. The first kappa shape index (κ1) is 22.5. The lowest BCUT2D eigenvalue weighted by Crippen LogP contribution is -2.31. The third-order valence-corrected chi connectivity index (χ3v) is 5.54. The maximum Gasteiger partial charge on any atom is 0.316 e. The molecule has 0 unspecified atom stereocenters. The van der Waals surface area contributed by atoms with Gasteiger partial charge in [0.25, 0.3) is 0 Å². The zero-order valence-electron chi connectivity index (χ0n) is 18.9. The quantitative estimate of drug-likeness (QED) is 0.532. The molecule has 3 rings (SSSR count). The summed E-state index contributed by atoms with van der Waals surface area (Å²) >= 11 is 0. The van der Waals surface area contributed by atoms with E-state index in [1.54, 1.807) is 32.3 Å². The van der Waals surface area contributed by atoms with Gasteiger partial charge in [-0.15, -0.1) is 0 Å². The monoisotopic (exact) mass is 423 g/mol. The molecule has 0 atom stereocenters. The Balaban J connectivity index is 2.25. The third kappa shape index (κ3) is 4.04. The Kier molecular flexibility index (Phi) is 6.15. The Labute approximate surface area is 182 Å². The molecular formula is C24H29N3O4. The molecule has 0 radical (unpaired) electrons. The van der Waals surface area contributed by atoms with Crippen molar-refractivity contribution in [2.75, 3.05) is 13.2 Å². The highest BCUT2D eigenvalue weighted by Crippen LogP contribution is 2.36. The molecular weight excluding hydrogens is 394 g/mol. The van der Waals surface area contributed by atoms with Crippen LogP contribution in [0.15, 0.2) is 42.9 Å². The smallest absolute Gasteiger partial charge is 0.316 e. The number of nitrogens with zero attached hydrogens (tertiary/aromatic N) is 3. The van der Waals surface area contributed by atoms with E-state index in [1.807, 2.05) is 56.7 Å². The number of hydrogen-bond donors (Lipinski definition) is 0. The zero-order valence-corrected chi connectivity index (χ0v) is 18.9. The van der Waals surface area contributed by atoms with Gasteiger partial charge in [-0.05, 0) is 64.8 Å². The van der Waals surface area contributed by atoms with E-state index in [1.165, 1.54) is 0 Å². The molecule has 2 aromatic heterocycles. The largest absolute Gasteiger partial charge is 0.465 e.